The van der Waals surface area contributed by atoms with E-state index in [0.717, 1.165) is 28.0 Å². The van der Waals surface area contributed by atoms with Crippen LogP contribution in [0.3, 0.4) is 0 Å². The summed E-state index contributed by atoms with van der Waals surface area (Å²) in [6, 6.07) is 4.81. The minimum atomic E-state index is -4.89. The summed E-state index contributed by atoms with van der Waals surface area (Å²) in [7, 11) is 0. The van der Waals surface area contributed by atoms with Gasteiger partial charge in [0.2, 0.25) is 0 Å². The molecule has 11 heteroatoms. The Hall–Kier alpha value is -1.52. The molecule has 1 atom stereocenters. The van der Waals surface area contributed by atoms with Crippen molar-refractivity contribution in [3.63, 3.8) is 0 Å². The van der Waals surface area contributed by atoms with E-state index < -0.39 is 17.7 Å². The monoisotopic (exact) mass is 392 g/mol. The Balaban J connectivity index is 1.78. The summed E-state index contributed by atoms with van der Waals surface area (Å²) in [6.07, 6.45) is -4.89. The number of thiazole rings is 1. The molecule has 1 fully saturated rings. The van der Waals surface area contributed by atoms with E-state index in [9.17, 15) is 18.0 Å². The van der Waals surface area contributed by atoms with Gasteiger partial charge in [-0.1, -0.05) is 34.7 Å². The van der Waals surface area contributed by atoms with Crippen LogP contribution in [0.5, 0.6) is 0 Å². The summed E-state index contributed by atoms with van der Waals surface area (Å²) in [5, 5.41) is 2.74. The fourth-order valence-electron chi connectivity index (χ4n) is 2.51. The highest BCUT2D eigenvalue weighted by molar-refractivity contribution is 8.14. The van der Waals surface area contributed by atoms with Crippen molar-refractivity contribution in [3.05, 3.63) is 23.2 Å². The second-order valence-electron chi connectivity index (χ2n) is 5.16. The number of alkyl halides is 3. The SMILES string of the molecule is O=C1N2CCSC2=NC1(Nc1nc2ccc(Cl)cc2s1)C(F)(F)F. The van der Waals surface area contributed by atoms with Crippen LogP contribution in [-0.4, -0.2) is 45.1 Å². The molecule has 0 saturated carbocycles. The van der Waals surface area contributed by atoms with Gasteiger partial charge in [0.25, 0.3) is 5.91 Å². The zero-order chi connectivity index (χ0) is 17.1. The molecule has 1 aromatic heterocycles. The summed E-state index contributed by atoms with van der Waals surface area (Å²) < 4.78 is 41.7. The van der Waals surface area contributed by atoms with E-state index in [1.165, 1.54) is 0 Å². The molecule has 1 aromatic carbocycles. The first-order valence-electron chi connectivity index (χ1n) is 6.76. The van der Waals surface area contributed by atoms with Gasteiger partial charge in [-0.25, -0.2) is 9.98 Å². The van der Waals surface area contributed by atoms with Crippen LogP contribution in [0.4, 0.5) is 18.3 Å². The van der Waals surface area contributed by atoms with Crippen LogP contribution in [-0.2, 0) is 4.79 Å². The minimum absolute atomic E-state index is 0.0338. The van der Waals surface area contributed by atoms with Gasteiger partial charge in [-0.2, -0.15) is 13.2 Å². The molecule has 1 unspecified atom stereocenters. The average Bonchev–Trinajstić information content (AvgIpc) is 3.15. The van der Waals surface area contributed by atoms with Crippen LogP contribution in [0.25, 0.3) is 10.2 Å². The Labute approximate surface area is 146 Å². The molecule has 0 aliphatic carbocycles. The van der Waals surface area contributed by atoms with Gasteiger partial charge in [0, 0.05) is 17.3 Å². The molecule has 0 spiro atoms. The fourth-order valence-corrected chi connectivity index (χ4v) is 4.69. The van der Waals surface area contributed by atoms with E-state index in [-0.39, 0.29) is 16.8 Å². The van der Waals surface area contributed by atoms with E-state index in [4.69, 9.17) is 11.6 Å². The molecule has 2 aliphatic rings. The van der Waals surface area contributed by atoms with Gasteiger partial charge in [0.15, 0.2) is 10.3 Å². The fraction of sp³-hybridized carbons (Fsp3) is 0.308. The number of rotatable bonds is 2. The van der Waals surface area contributed by atoms with Crippen molar-refractivity contribution >= 4 is 61.1 Å². The van der Waals surface area contributed by atoms with E-state index in [2.05, 4.69) is 15.3 Å². The number of aromatic nitrogens is 1. The molecule has 5 nitrogen and oxygen atoms in total. The maximum atomic E-state index is 13.7. The quantitative estimate of drug-likeness (QED) is 0.849. The zero-order valence-electron chi connectivity index (χ0n) is 11.7. The summed E-state index contributed by atoms with van der Waals surface area (Å²) in [5.41, 5.74) is -2.52. The van der Waals surface area contributed by atoms with Crippen molar-refractivity contribution in [2.45, 2.75) is 11.8 Å². The summed E-state index contributed by atoms with van der Waals surface area (Å²) >= 11 is 8.00. The highest BCUT2D eigenvalue weighted by Crippen LogP contribution is 2.44. The number of carbonyl (C=O) groups excluding carboxylic acids is 1. The number of aliphatic imine (C=N–C) groups is 1. The Bertz CT molecular complexity index is 884. The molecule has 4 rings (SSSR count). The smallest absolute Gasteiger partial charge is 0.322 e. The predicted molar refractivity (Wildman–Crippen MR) is 88.6 cm³/mol. The van der Waals surface area contributed by atoms with E-state index >= 15 is 0 Å². The first-order chi connectivity index (χ1) is 11.3. The van der Waals surface area contributed by atoms with Crippen molar-refractivity contribution < 1.29 is 18.0 Å². The van der Waals surface area contributed by atoms with E-state index in [1.807, 2.05) is 0 Å². The van der Waals surface area contributed by atoms with Crippen LogP contribution < -0.4 is 5.32 Å². The number of amides is 1. The Morgan fingerprint density at radius 2 is 2.17 bits per heavy atom. The van der Waals surface area contributed by atoms with Gasteiger partial charge >= 0.3 is 11.8 Å². The molecular weight excluding hydrogens is 385 g/mol. The predicted octanol–water partition coefficient (Wildman–Crippen LogP) is 3.57. The lowest BCUT2D eigenvalue weighted by atomic mass is 10.1. The minimum Gasteiger partial charge on any atom is -0.322 e. The number of fused-ring (bicyclic) bond motifs is 2. The van der Waals surface area contributed by atoms with Gasteiger partial charge in [0.05, 0.1) is 10.2 Å². The number of hydrogen-bond donors (Lipinski definition) is 1. The van der Waals surface area contributed by atoms with Crippen LogP contribution in [0, 0.1) is 0 Å². The largest absolute Gasteiger partial charge is 0.442 e. The molecule has 2 aromatic rings. The van der Waals surface area contributed by atoms with E-state index in [1.54, 1.807) is 18.2 Å². The second kappa shape index (κ2) is 5.24. The number of nitrogens with one attached hydrogen (secondary N) is 1. The average molecular weight is 393 g/mol. The number of nitrogens with zero attached hydrogens (tertiary/aromatic N) is 3. The lowest BCUT2D eigenvalue weighted by Gasteiger charge is -2.28. The summed E-state index contributed by atoms with van der Waals surface area (Å²) in [5.74, 6) is -0.578. The number of thioether (sulfide) groups is 1. The van der Waals surface area contributed by atoms with Crippen LogP contribution in [0.1, 0.15) is 0 Å². The van der Waals surface area contributed by atoms with Crippen LogP contribution in [0.15, 0.2) is 23.2 Å². The maximum Gasteiger partial charge on any atom is 0.442 e. The first-order valence-corrected chi connectivity index (χ1v) is 8.94. The number of hydrogen-bond acceptors (Lipinski definition) is 6. The third-order valence-corrected chi connectivity index (χ3v) is 5.77. The first kappa shape index (κ1) is 16.0. The number of amidine groups is 1. The molecule has 1 saturated heterocycles. The third-order valence-electron chi connectivity index (χ3n) is 3.64. The lowest BCUT2D eigenvalue weighted by molar-refractivity contribution is -0.185. The van der Waals surface area contributed by atoms with Crippen molar-refractivity contribution in [2.75, 3.05) is 17.6 Å². The third kappa shape index (κ3) is 2.27. The van der Waals surface area contributed by atoms with Gasteiger partial charge < -0.3 is 5.32 Å². The van der Waals surface area contributed by atoms with Gasteiger partial charge in [-0.05, 0) is 18.2 Å². The van der Waals surface area contributed by atoms with Crippen LogP contribution in [0.2, 0.25) is 5.02 Å². The van der Waals surface area contributed by atoms with Gasteiger partial charge in [0.1, 0.15) is 0 Å². The highest BCUT2D eigenvalue weighted by Gasteiger charge is 2.67. The topological polar surface area (TPSA) is 57.6 Å². The van der Waals surface area contributed by atoms with Crippen molar-refractivity contribution in [1.82, 2.24) is 9.88 Å². The van der Waals surface area contributed by atoms with Crippen molar-refractivity contribution in [1.29, 1.82) is 0 Å². The molecule has 2 aliphatic heterocycles. The molecule has 3 heterocycles. The summed E-state index contributed by atoms with van der Waals surface area (Å²) in [6.45, 7) is 0.220. The number of carbonyl (C=O) groups is 1. The highest BCUT2D eigenvalue weighted by atomic mass is 35.5. The second-order valence-corrected chi connectivity index (χ2v) is 7.69. The Morgan fingerprint density at radius 1 is 1.38 bits per heavy atom. The number of benzene rings is 1. The van der Waals surface area contributed by atoms with E-state index in [0.29, 0.717) is 21.0 Å². The molecule has 24 heavy (non-hydrogen) atoms. The number of anilines is 1. The molecule has 0 bridgehead atoms. The molecule has 1 amide bonds. The van der Waals surface area contributed by atoms with Crippen LogP contribution >= 0.6 is 34.7 Å². The molecular formula is C13H8ClF3N4OS2. The Kier molecular flexibility index (Phi) is 3.49. The molecule has 0 radical (unpaired) electrons. The normalized spacial score (nSPS) is 23.8. The molecule has 1 N–H and O–H groups in total. The number of halogens is 4. The van der Waals surface area contributed by atoms with Crippen molar-refractivity contribution in [3.8, 4) is 0 Å². The zero-order valence-corrected chi connectivity index (χ0v) is 14.1. The molecule has 126 valence electrons. The van der Waals surface area contributed by atoms with Gasteiger partial charge in [-0.15, -0.1) is 0 Å². The standard InChI is InChI=1S/C13H8ClF3N4OS2/c14-6-1-2-7-8(5-6)24-10(18-7)19-12(13(15,16)17)9(22)21-3-4-23-11(21)20-12/h1-2,5H,3-4H2,(H,18,19). The Morgan fingerprint density at radius 3 is 2.88 bits per heavy atom. The lowest BCUT2D eigenvalue weighted by Crippen LogP contribution is -2.57. The van der Waals surface area contributed by atoms with Crippen molar-refractivity contribution in [2.24, 2.45) is 4.99 Å². The summed E-state index contributed by atoms with van der Waals surface area (Å²) in [4.78, 5) is 21.2. The maximum absolute atomic E-state index is 13.7. The van der Waals surface area contributed by atoms with Gasteiger partial charge in [-0.3, -0.25) is 9.69 Å².